The number of halogens is 2. The molecule has 1 saturated heterocycles. The van der Waals surface area contributed by atoms with Crippen molar-refractivity contribution in [3.05, 3.63) is 43.9 Å². The lowest BCUT2D eigenvalue weighted by Gasteiger charge is -2.35. The minimum atomic E-state index is -0.178. The molecule has 0 aromatic carbocycles. The number of hydrogen-bond acceptors (Lipinski definition) is 4. The van der Waals surface area contributed by atoms with E-state index in [4.69, 9.17) is 27.9 Å². The van der Waals surface area contributed by atoms with Crippen LogP contribution in [0, 0.1) is 6.92 Å². The maximum Gasteiger partial charge on any atom is 0.258 e. The third-order valence-electron chi connectivity index (χ3n) is 4.01. The van der Waals surface area contributed by atoms with Crippen LogP contribution in [-0.2, 0) is 11.3 Å². The lowest BCUT2D eigenvalue weighted by molar-refractivity contribution is -0.0707. The molecule has 7 heteroatoms. The maximum absolute atomic E-state index is 12.3. The molecule has 3 heterocycles. The molecule has 0 radical (unpaired) electrons. The zero-order valence-electron chi connectivity index (χ0n) is 13.3. The third kappa shape index (κ3) is 3.38. The van der Waals surface area contributed by atoms with Gasteiger partial charge in [-0.25, -0.2) is 4.98 Å². The van der Waals surface area contributed by atoms with Crippen LogP contribution in [0.5, 0.6) is 0 Å². The summed E-state index contributed by atoms with van der Waals surface area (Å²) in [5, 5.41) is 0.871. The summed E-state index contributed by atoms with van der Waals surface area (Å²) in [5.41, 5.74) is 1.71. The van der Waals surface area contributed by atoms with Crippen LogP contribution in [0.2, 0.25) is 10.0 Å². The van der Waals surface area contributed by atoms with Gasteiger partial charge >= 0.3 is 0 Å². The Hall–Kier alpha value is -1.14. The summed E-state index contributed by atoms with van der Waals surface area (Å²) in [6.45, 7) is 8.15. The molecule has 2 aromatic rings. The second-order valence-corrected chi connectivity index (χ2v) is 6.93. The van der Waals surface area contributed by atoms with Crippen LogP contribution in [0.15, 0.2) is 17.1 Å². The lowest BCUT2D eigenvalue weighted by atomic mass is 10.2. The van der Waals surface area contributed by atoms with Gasteiger partial charge in [0, 0.05) is 31.9 Å². The molecule has 5 nitrogen and oxygen atoms in total. The highest BCUT2D eigenvalue weighted by Gasteiger charge is 2.23. The maximum atomic E-state index is 12.3. The average Bonchev–Trinajstić information content (AvgIpc) is 2.45. The Balaban J connectivity index is 1.98. The van der Waals surface area contributed by atoms with E-state index in [9.17, 15) is 4.79 Å². The number of hydrogen-bond donors (Lipinski definition) is 0. The van der Waals surface area contributed by atoms with Crippen molar-refractivity contribution in [2.45, 2.75) is 39.5 Å². The van der Waals surface area contributed by atoms with Crippen molar-refractivity contribution in [2.75, 3.05) is 13.1 Å². The predicted molar refractivity (Wildman–Crippen MR) is 91.5 cm³/mol. The zero-order valence-corrected chi connectivity index (χ0v) is 14.9. The fourth-order valence-electron chi connectivity index (χ4n) is 3.02. The molecule has 2 atom stereocenters. The molecular weight excluding hydrogens is 337 g/mol. The summed E-state index contributed by atoms with van der Waals surface area (Å²) in [5.74, 6) is 0. The van der Waals surface area contributed by atoms with E-state index in [1.807, 2.05) is 20.8 Å². The number of ether oxygens (including phenoxy) is 1. The third-order valence-corrected chi connectivity index (χ3v) is 4.85. The number of morpholine rings is 1. The molecule has 0 spiro atoms. The van der Waals surface area contributed by atoms with Gasteiger partial charge in [0.1, 0.15) is 0 Å². The summed E-state index contributed by atoms with van der Waals surface area (Å²) >= 11 is 12.4. The monoisotopic (exact) mass is 355 g/mol. The second kappa shape index (κ2) is 6.40. The zero-order chi connectivity index (χ0) is 16.7. The Morgan fingerprint density at radius 3 is 2.61 bits per heavy atom. The number of nitrogens with zero attached hydrogens (tertiary/aromatic N) is 3. The van der Waals surface area contributed by atoms with Crippen molar-refractivity contribution in [3.63, 3.8) is 0 Å². The van der Waals surface area contributed by atoms with E-state index in [2.05, 4.69) is 9.88 Å². The lowest BCUT2D eigenvalue weighted by Crippen LogP contribution is -2.45. The second-order valence-electron chi connectivity index (χ2n) is 6.15. The highest BCUT2D eigenvalue weighted by Crippen LogP contribution is 2.26. The molecule has 23 heavy (non-hydrogen) atoms. The molecule has 0 aliphatic carbocycles. The summed E-state index contributed by atoms with van der Waals surface area (Å²) in [4.78, 5) is 19.2. The molecule has 0 unspecified atom stereocenters. The number of aromatic nitrogens is 2. The fraction of sp³-hybridized carbons (Fsp3) is 0.500. The number of rotatable bonds is 2. The van der Waals surface area contributed by atoms with E-state index in [0.717, 1.165) is 18.7 Å². The fourth-order valence-corrected chi connectivity index (χ4v) is 3.50. The van der Waals surface area contributed by atoms with Gasteiger partial charge in [-0.15, -0.1) is 0 Å². The van der Waals surface area contributed by atoms with E-state index < -0.39 is 0 Å². The van der Waals surface area contributed by atoms with Crippen LogP contribution in [0.3, 0.4) is 0 Å². The molecule has 1 aliphatic rings. The minimum Gasteiger partial charge on any atom is -0.373 e. The van der Waals surface area contributed by atoms with Crippen LogP contribution in [-0.4, -0.2) is 39.6 Å². The molecule has 0 saturated carbocycles. The van der Waals surface area contributed by atoms with Gasteiger partial charge in [0.2, 0.25) is 0 Å². The van der Waals surface area contributed by atoms with Gasteiger partial charge in [0.15, 0.2) is 5.65 Å². The SMILES string of the molecule is Cc1c(Cl)cn2c(=O)cc(CN3C[C@@H](C)O[C@H](C)C3)nc2c1Cl. The van der Waals surface area contributed by atoms with E-state index in [-0.39, 0.29) is 17.8 Å². The first kappa shape index (κ1) is 16.7. The van der Waals surface area contributed by atoms with Gasteiger partial charge in [-0.05, 0) is 26.3 Å². The summed E-state index contributed by atoms with van der Waals surface area (Å²) in [6, 6.07) is 1.54. The molecule has 0 N–H and O–H groups in total. The minimum absolute atomic E-state index is 0.171. The van der Waals surface area contributed by atoms with Gasteiger partial charge in [0.05, 0.1) is 27.9 Å². The Bertz CT molecular complexity index is 796. The molecule has 124 valence electrons. The molecule has 0 bridgehead atoms. The smallest absolute Gasteiger partial charge is 0.258 e. The summed E-state index contributed by atoms with van der Waals surface area (Å²) < 4.78 is 7.13. The van der Waals surface area contributed by atoms with E-state index in [0.29, 0.717) is 27.9 Å². The summed E-state index contributed by atoms with van der Waals surface area (Å²) in [7, 11) is 0. The van der Waals surface area contributed by atoms with Crippen molar-refractivity contribution in [2.24, 2.45) is 0 Å². The molecule has 0 amide bonds. The van der Waals surface area contributed by atoms with E-state index >= 15 is 0 Å². The van der Waals surface area contributed by atoms with E-state index in [1.165, 1.54) is 4.40 Å². The van der Waals surface area contributed by atoms with Crippen molar-refractivity contribution in [3.8, 4) is 0 Å². The Morgan fingerprint density at radius 1 is 1.30 bits per heavy atom. The highest BCUT2D eigenvalue weighted by molar-refractivity contribution is 6.37. The average molecular weight is 356 g/mol. The van der Waals surface area contributed by atoms with Crippen molar-refractivity contribution in [1.82, 2.24) is 14.3 Å². The summed E-state index contributed by atoms with van der Waals surface area (Å²) in [6.07, 6.45) is 1.91. The van der Waals surface area contributed by atoms with Crippen LogP contribution < -0.4 is 5.56 Å². The molecule has 1 aliphatic heterocycles. The van der Waals surface area contributed by atoms with Crippen molar-refractivity contribution in [1.29, 1.82) is 0 Å². The highest BCUT2D eigenvalue weighted by atomic mass is 35.5. The van der Waals surface area contributed by atoms with Crippen LogP contribution >= 0.6 is 23.2 Å². The topological polar surface area (TPSA) is 46.8 Å². The quantitative estimate of drug-likeness (QED) is 0.830. The van der Waals surface area contributed by atoms with Crippen LogP contribution in [0.1, 0.15) is 25.1 Å². The van der Waals surface area contributed by atoms with Gasteiger partial charge in [-0.3, -0.25) is 14.1 Å². The number of fused-ring (bicyclic) bond motifs is 1. The molecule has 2 aromatic heterocycles. The van der Waals surface area contributed by atoms with Crippen molar-refractivity contribution < 1.29 is 4.74 Å². The Labute approximate surface area is 144 Å². The van der Waals surface area contributed by atoms with Gasteiger partial charge < -0.3 is 4.74 Å². The first-order chi connectivity index (χ1) is 10.8. The molecule has 1 fully saturated rings. The predicted octanol–water partition coefficient (Wildman–Crippen LogP) is 2.92. The standard InChI is InChI=1S/C16H19Cl2N3O2/c1-9-5-20(6-10(2)23-9)7-12-4-14(22)21-8-13(17)11(3)15(18)16(21)19-12/h4,8-10H,5-7H2,1-3H3/t9-,10-/m1/s1. The normalized spacial score (nSPS) is 22.7. The van der Waals surface area contributed by atoms with E-state index in [1.54, 1.807) is 12.3 Å². The Morgan fingerprint density at radius 2 is 1.96 bits per heavy atom. The molecular formula is C16H19Cl2N3O2. The first-order valence-corrected chi connectivity index (χ1v) is 8.35. The van der Waals surface area contributed by atoms with Crippen LogP contribution in [0.25, 0.3) is 5.65 Å². The van der Waals surface area contributed by atoms with Crippen LogP contribution in [0.4, 0.5) is 0 Å². The molecule has 3 rings (SSSR count). The van der Waals surface area contributed by atoms with Crippen molar-refractivity contribution >= 4 is 28.8 Å². The Kier molecular flexibility index (Phi) is 4.65. The van der Waals surface area contributed by atoms with Gasteiger partial charge in [-0.1, -0.05) is 23.2 Å². The first-order valence-electron chi connectivity index (χ1n) is 7.60. The largest absolute Gasteiger partial charge is 0.373 e. The van der Waals surface area contributed by atoms with Gasteiger partial charge in [-0.2, -0.15) is 0 Å². The number of pyridine rings is 1. The van der Waals surface area contributed by atoms with Gasteiger partial charge in [0.25, 0.3) is 5.56 Å².